The predicted molar refractivity (Wildman–Crippen MR) is 74.5 cm³/mol. The summed E-state index contributed by atoms with van der Waals surface area (Å²) in [5.41, 5.74) is 0.434. The summed E-state index contributed by atoms with van der Waals surface area (Å²) in [4.78, 5) is 1.99. The number of benzene rings is 1. The average molecular weight is 342 g/mol. The Morgan fingerprint density at radius 1 is 1.33 bits per heavy atom. The van der Waals surface area contributed by atoms with Gasteiger partial charge in [-0.3, -0.25) is 4.90 Å². The molecule has 0 amide bonds. The Balaban J connectivity index is 0.00000162. The second-order valence-electron chi connectivity index (χ2n) is 4.10. The summed E-state index contributed by atoms with van der Waals surface area (Å²) in [6.45, 7) is 2.59. The van der Waals surface area contributed by atoms with Gasteiger partial charge in [0.15, 0.2) is 0 Å². The minimum Gasteiger partial charge on any atom is -0.314 e. The van der Waals surface area contributed by atoms with E-state index >= 15 is 0 Å². The van der Waals surface area contributed by atoms with E-state index in [1.54, 1.807) is 18.2 Å². The van der Waals surface area contributed by atoms with Crippen LogP contribution < -0.4 is 5.32 Å². The molecular formula is C12H16BrClF2N2. The molecule has 1 N–H and O–H groups in total. The lowest BCUT2D eigenvalue weighted by Crippen LogP contribution is -2.45. The molecule has 1 aliphatic rings. The molecule has 6 heteroatoms. The first kappa shape index (κ1) is 15.8. The Morgan fingerprint density at radius 3 is 2.61 bits per heavy atom. The largest absolute Gasteiger partial charge is 0.314 e. The van der Waals surface area contributed by atoms with Crippen molar-refractivity contribution in [2.45, 2.75) is 6.04 Å². The maximum atomic E-state index is 13.9. The highest BCUT2D eigenvalue weighted by Gasteiger charge is 2.25. The van der Waals surface area contributed by atoms with Crippen molar-refractivity contribution in [1.82, 2.24) is 10.2 Å². The first-order valence-corrected chi connectivity index (χ1v) is 6.48. The van der Waals surface area contributed by atoms with Gasteiger partial charge in [0.05, 0.1) is 10.5 Å². The van der Waals surface area contributed by atoms with E-state index in [0.717, 1.165) is 26.2 Å². The van der Waals surface area contributed by atoms with Gasteiger partial charge < -0.3 is 5.32 Å². The van der Waals surface area contributed by atoms with E-state index in [1.807, 2.05) is 4.90 Å². The maximum Gasteiger partial charge on any atom is 0.142 e. The third kappa shape index (κ3) is 3.41. The Labute approximate surface area is 120 Å². The molecule has 1 fully saturated rings. The molecule has 0 aliphatic carbocycles. The van der Waals surface area contributed by atoms with Gasteiger partial charge in [-0.1, -0.05) is 12.1 Å². The molecule has 1 aromatic carbocycles. The Morgan fingerprint density at radius 2 is 2.00 bits per heavy atom. The number of halogens is 4. The predicted octanol–water partition coefficient (Wildman–Crippen LogP) is 2.93. The average Bonchev–Trinajstić information content (AvgIpc) is 2.37. The second-order valence-corrected chi connectivity index (χ2v) is 4.95. The minimum absolute atomic E-state index is 0. The molecule has 2 rings (SSSR count). The van der Waals surface area contributed by atoms with Gasteiger partial charge in [-0.15, -0.1) is 12.4 Å². The highest BCUT2D eigenvalue weighted by atomic mass is 79.9. The maximum absolute atomic E-state index is 13.9. The van der Waals surface area contributed by atoms with E-state index in [2.05, 4.69) is 21.2 Å². The van der Waals surface area contributed by atoms with Gasteiger partial charge in [-0.25, -0.2) is 8.78 Å². The van der Waals surface area contributed by atoms with Crippen LogP contribution in [0.4, 0.5) is 8.78 Å². The lowest BCUT2D eigenvalue weighted by molar-refractivity contribution is 0.144. The summed E-state index contributed by atoms with van der Waals surface area (Å²) < 4.78 is 27.5. The molecule has 102 valence electrons. The molecule has 0 bridgehead atoms. The normalized spacial score (nSPS) is 18.2. The number of piperazine rings is 1. The Hall–Kier alpha value is -0.230. The summed E-state index contributed by atoms with van der Waals surface area (Å²) in [5.74, 6) is -0.353. The van der Waals surface area contributed by atoms with Crippen molar-refractivity contribution >= 4 is 28.3 Å². The molecule has 1 saturated heterocycles. The van der Waals surface area contributed by atoms with Crippen molar-refractivity contribution in [3.8, 4) is 0 Å². The van der Waals surface area contributed by atoms with Crippen molar-refractivity contribution in [2.75, 3.05) is 32.9 Å². The van der Waals surface area contributed by atoms with Crippen LogP contribution >= 0.6 is 28.3 Å². The standard InChI is InChI=1S/C12H15BrF2N2.ClH/c13-10-3-1-2-9(12(10)15)11(8-14)17-6-4-16-5-7-17;/h1-3,11,16H,4-8H2;1H/t11-;/m1./s1. The first-order valence-electron chi connectivity index (χ1n) is 5.68. The topological polar surface area (TPSA) is 15.3 Å². The van der Waals surface area contributed by atoms with Crippen LogP contribution in [0.2, 0.25) is 0 Å². The van der Waals surface area contributed by atoms with Crippen molar-refractivity contribution in [1.29, 1.82) is 0 Å². The zero-order valence-electron chi connectivity index (χ0n) is 9.83. The minimum atomic E-state index is -0.562. The lowest BCUT2D eigenvalue weighted by atomic mass is 10.1. The third-order valence-electron chi connectivity index (χ3n) is 3.08. The van der Waals surface area contributed by atoms with Crippen molar-refractivity contribution in [3.63, 3.8) is 0 Å². The second kappa shape index (κ2) is 7.38. The quantitative estimate of drug-likeness (QED) is 0.909. The zero-order valence-corrected chi connectivity index (χ0v) is 12.2. The smallest absolute Gasteiger partial charge is 0.142 e. The van der Waals surface area contributed by atoms with E-state index < -0.39 is 12.7 Å². The molecular weight excluding hydrogens is 325 g/mol. The number of nitrogens with one attached hydrogen (secondary N) is 1. The number of hydrogen-bond acceptors (Lipinski definition) is 2. The monoisotopic (exact) mass is 340 g/mol. The molecule has 18 heavy (non-hydrogen) atoms. The van der Waals surface area contributed by atoms with Crippen LogP contribution in [0.1, 0.15) is 11.6 Å². The van der Waals surface area contributed by atoms with Gasteiger partial charge >= 0.3 is 0 Å². The summed E-state index contributed by atoms with van der Waals surface area (Å²) >= 11 is 3.14. The van der Waals surface area contributed by atoms with Gasteiger partial charge in [0, 0.05) is 31.7 Å². The van der Waals surface area contributed by atoms with Crippen molar-refractivity contribution in [3.05, 3.63) is 34.1 Å². The Bertz CT molecular complexity index is 386. The van der Waals surface area contributed by atoms with Crippen molar-refractivity contribution < 1.29 is 8.78 Å². The highest BCUT2D eigenvalue weighted by Crippen LogP contribution is 2.28. The van der Waals surface area contributed by atoms with Crippen LogP contribution in [0.15, 0.2) is 22.7 Å². The molecule has 1 atom stereocenters. The van der Waals surface area contributed by atoms with Crippen LogP contribution in [0.25, 0.3) is 0 Å². The number of alkyl halides is 1. The summed E-state index contributed by atoms with van der Waals surface area (Å²) in [6.07, 6.45) is 0. The molecule has 0 saturated carbocycles. The highest BCUT2D eigenvalue weighted by molar-refractivity contribution is 9.10. The van der Waals surface area contributed by atoms with E-state index in [9.17, 15) is 8.78 Å². The van der Waals surface area contributed by atoms with Gasteiger partial charge in [-0.05, 0) is 22.0 Å². The van der Waals surface area contributed by atoms with E-state index in [-0.39, 0.29) is 18.2 Å². The van der Waals surface area contributed by atoms with Gasteiger partial charge in [0.25, 0.3) is 0 Å². The molecule has 2 nitrogen and oxygen atoms in total. The van der Waals surface area contributed by atoms with Crippen LogP contribution in [0.5, 0.6) is 0 Å². The van der Waals surface area contributed by atoms with Crippen LogP contribution in [0, 0.1) is 5.82 Å². The lowest BCUT2D eigenvalue weighted by Gasteiger charge is -2.33. The fourth-order valence-electron chi connectivity index (χ4n) is 2.15. The van der Waals surface area contributed by atoms with E-state index in [0.29, 0.717) is 10.0 Å². The molecule has 0 spiro atoms. The molecule has 0 unspecified atom stereocenters. The first-order chi connectivity index (χ1) is 8.24. The van der Waals surface area contributed by atoms with Gasteiger partial charge in [-0.2, -0.15) is 0 Å². The molecule has 1 aromatic rings. The van der Waals surface area contributed by atoms with Gasteiger partial charge in [0.1, 0.15) is 12.5 Å². The van der Waals surface area contributed by atoms with Crippen LogP contribution in [0.3, 0.4) is 0 Å². The summed E-state index contributed by atoms with van der Waals surface area (Å²) in [7, 11) is 0. The van der Waals surface area contributed by atoms with E-state index in [4.69, 9.17) is 0 Å². The fraction of sp³-hybridized carbons (Fsp3) is 0.500. The van der Waals surface area contributed by atoms with Crippen LogP contribution in [-0.4, -0.2) is 37.8 Å². The molecule has 0 radical (unpaired) electrons. The Kier molecular flexibility index (Phi) is 6.49. The van der Waals surface area contributed by atoms with Gasteiger partial charge in [0.2, 0.25) is 0 Å². The fourth-order valence-corrected chi connectivity index (χ4v) is 2.53. The van der Waals surface area contributed by atoms with Crippen molar-refractivity contribution in [2.24, 2.45) is 0 Å². The number of hydrogen-bond donors (Lipinski definition) is 1. The molecule has 1 heterocycles. The molecule has 1 aliphatic heterocycles. The summed E-state index contributed by atoms with van der Waals surface area (Å²) in [6, 6.07) is 4.56. The number of rotatable bonds is 3. The van der Waals surface area contributed by atoms with E-state index in [1.165, 1.54) is 0 Å². The third-order valence-corrected chi connectivity index (χ3v) is 3.69. The number of nitrogens with zero attached hydrogens (tertiary/aromatic N) is 1. The SMILES string of the molecule is Cl.FC[C@H](c1cccc(Br)c1F)N1CCNCC1. The zero-order chi connectivity index (χ0) is 12.3. The summed E-state index contributed by atoms with van der Waals surface area (Å²) in [5, 5.41) is 3.20. The van der Waals surface area contributed by atoms with Crippen LogP contribution in [-0.2, 0) is 0 Å². The molecule has 0 aromatic heterocycles.